The SMILES string of the molecule is CCO[P@](=O)(CC)CCC=O. The molecule has 0 aromatic carbocycles. The fourth-order valence-corrected chi connectivity index (χ4v) is 2.40. The van der Waals surface area contributed by atoms with Crippen molar-refractivity contribution in [2.45, 2.75) is 20.3 Å². The first-order chi connectivity index (χ1) is 5.18. The van der Waals surface area contributed by atoms with Crippen LogP contribution in [0.4, 0.5) is 0 Å². The predicted octanol–water partition coefficient (Wildman–Crippen LogP) is 1.91. The maximum atomic E-state index is 11.6. The lowest BCUT2D eigenvalue weighted by Gasteiger charge is -2.13. The molecule has 0 spiro atoms. The molecule has 66 valence electrons. The van der Waals surface area contributed by atoms with Crippen LogP contribution in [0, 0.1) is 0 Å². The van der Waals surface area contributed by atoms with E-state index in [2.05, 4.69) is 0 Å². The zero-order valence-electron chi connectivity index (χ0n) is 7.08. The van der Waals surface area contributed by atoms with Crippen LogP contribution in [0.2, 0.25) is 0 Å². The minimum absolute atomic E-state index is 0.338. The molecule has 0 saturated carbocycles. The Labute approximate surface area is 67.6 Å². The van der Waals surface area contributed by atoms with Crippen molar-refractivity contribution in [1.82, 2.24) is 0 Å². The van der Waals surface area contributed by atoms with E-state index in [4.69, 9.17) is 4.52 Å². The van der Waals surface area contributed by atoms with Crippen LogP contribution in [-0.4, -0.2) is 25.2 Å². The number of aldehydes is 1. The van der Waals surface area contributed by atoms with Gasteiger partial charge in [-0.3, -0.25) is 4.57 Å². The van der Waals surface area contributed by atoms with E-state index in [1.54, 1.807) is 0 Å². The molecule has 0 aliphatic rings. The molecule has 0 unspecified atom stereocenters. The van der Waals surface area contributed by atoms with Gasteiger partial charge < -0.3 is 9.32 Å². The Morgan fingerprint density at radius 1 is 1.45 bits per heavy atom. The van der Waals surface area contributed by atoms with E-state index in [1.165, 1.54) is 0 Å². The van der Waals surface area contributed by atoms with Gasteiger partial charge in [-0.15, -0.1) is 0 Å². The lowest BCUT2D eigenvalue weighted by molar-refractivity contribution is -0.107. The van der Waals surface area contributed by atoms with Crippen LogP contribution < -0.4 is 0 Å². The van der Waals surface area contributed by atoms with Crippen LogP contribution >= 0.6 is 7.37 Å². The monoisotopic (exact) mass is 178 g/mol. The Balaban J connectivity index is 3.88. The molecule has 11 heavy (non-hydrogen) atoms. The summed E-state index contributed by atoms with van der Waals surface area (Å²) in [7, 11) is -2.45. The minimum atomic E-state index is -2.45. The second kappa shape index (κ2) is 5.50. The van der Waals surface area contributed by atoms with Crippen molar-refractivity contribution >= 4 is 13.7 Å². The maximum Gasteiger partial charge on any atom is 0.203 e. The van der Waals surface area contributed by atoms with E-state index in [9.17, 15) is 9.36 Å². The highest BCUT2D eigenvalue weighted by Gasteiger charge is 2.18. The highest BCUT2D eigenvalue weighted by atomic mass is 31.2. The van der Waals surface area contributed by atoms with E-state index in [-0.39, 0.29) is 0 Å². The summed E-state index contributed by atoms with van der Waals surface area (Å²) in [6.07, 6.45) is 2.03. The Hall–Kier alpha value is -0.140. The van der Waals surface area contributed by atoms with Crippen molar-refractivity contribution in [3.05, 3.63) is 0 Å². The molecule has 4 heteroatoms. The molecular weight excluding hydrogens is 163 g/mol. The first-order valence-corrected chi connectivity index (χ1v) is 5.84. The first kappa shape index (κ1) is 10.9. The summed E-state index contributed by atoms with van der Waals surface area (Å²) >= 11 is 0. The number of carbonyl (C=O) groups is 1. The zero-order chi connectivity index (χ0) is 8.74. The minimum Gasteiger partial charge on any atom is -0.329 e. The van der Waals surface area contributed by atoms with Crippen molar-refractivity contribution in [2.24, 2.45) is 0 Å². The third-order valence-electron chi connectivity index (χ3n) is 1.43. The topological polar surface area (TPSA) is 43.4 Å². The Bertz CT molecular complexity index is 156. The molecule has 0 fully saturated rings. The van der Waals surface area contributed by atoms with E-state index < -0.39 is 7.37 Å². The third-order valence-corrected chi connectivity index (χ3v) is 4.07. The van der Waals surface area contributed by atoms with Gasteiger partial charge in [-0.1, -0.05) is 6.92 Å². The molecule has 1 atom stereocenters. The van der Waals surface area contributed by atoms with Crippen molar-refractivity contribution in [3.8, 4) is 0 Å². The van der Waals surface area contributed by atoms with E-state index in [0.29, 0.717) is 25.4 Å². The zero-order valence-corrected chi connectivity index (χ0v) is 7.97. The van der Waals surface area contributed by atoms with Gasteiger partial charge >= 0.3 is 0 Å². The van der Waals surface area contributed by atoms with Gasteiger partial charge in [-0.2, -0.15) is 0 Å². The Morgan fingerprint density at radius 3 is 2.45 bits per heavy atom. The van der Waals surface area contributed by atoms with E-state index in [0.717, 1.165) is 6.29 Å². The lowest BCUT2D eigenvalue weighted by Crippen LogP contribution is -1.98. The van der Waals surface area contributed by atoms with Crippen molar-refractivity contribution < 1.29 is 13.9 Å². The fraction of sp³-hybridized carbons (Fsp3) is 0.857. The summed E-state index contributed by atoms with van der Waals surface area (Å²) in [4.78, 5) is 10.00. The largest absolute Gasteiger partial charge is 0.329 e. The summed E-state index contributed by atoms with van der Waals surface area (Å²) in [6.45, 7) is 4.09. The fourth-order valence-electron chi connectivity index (χ4n) is 0.799. The smallest absolute Gasteiger partial charge is 0.203 e. The Kier molecular flexibility index (Phi) is 5.43. The standard InChI is InChI=1S/C7H15O3P/c1-3-10-11(9,4-2)7-5-6-8/h6H,3-5,7H2,1-2H3/t11-/m1/s1. The molecule has 0 N–H and O–H groups in total. The predicted molar refractivity (Wildman–Crippen MR) is 45.3 cm³/mol. The number of hydrogen-bond donors (Lipinski definition) is 0. The van der Waals surface area contributed by atoms with Gasteiger partial charge in [0.25, 0.3) is 0 Å². The van der Waals surface area contributed by atoms with Crippen molar-refractivity contribution in [1.29, 1.82) is 0 Å². The van der Waals surface area contributed by atoms with E-state index >= 15 is 0 Å². The second-order valence-corrected chi connectivity index (χ2v) is 5.19. The van der Waals surface area contributed by atoms with Crippen LogP contribution in [-0.2, 0) is 13.9 Å². The number of rotatable bonds is 6. The molecular formula is C7H15O3P. The molecule has 0 amide bonds. The average molecular weight is 178 g/mol. The van der Waals surface area contributed by atoms with Crippen molar-refractivity contribution in [2.75, 3.05) is 18.9 Å². The molecule has 0 radical (unpaired) electrons. The lowest BCUT2D eigenvalue weighted by atomic mass is 10.6. The highest BCUT2D eigenvalue weighted by Crippen LogP contribution is 2.46. The summed E-state index contributed by atoms with van der Waals surface area (Å²) in [5.41, 5.74) is 0. The normalized spacial score (nSPS) is 15.8. The van der Waals surface area contributed by atoms with Gasteiger partial charge in [-0.25, -0.2) is 0 Å². The molecule has 0 aliphatic carbocycles. The van der Waals surface area contributed by atoms with Crippen LogP contribution in [0.15, 0.2) is 0 Å². The van der Waals surface area contributed by atoms with Gasteiger partial charge in [-0.05, 0) is 6.92 Å². The molecule has 3 nitrogen and oxygen atoms in total. The molecule has 0 bridgehead atoms. The first-order valence-electron chi connectivity index (χ1n) is 3.84. The van der Waals surface area contributed by atoms with Crippen LogP contribution in [0.5, 0.6) is 0 Å². The number of hydrogen-bond acceptors (Lipinski definition) is 3. The van der Waals surface area contributed by atoms with Gasteiger partial charge in [0.2, 0.25) is 7.37 Å². The summed E-state index contributed by atoms with van der Waals surface area (Å²) in [5, 5.41) is 0. The summed E-state index contributed by atoms with van der Waals surface area (Å²) < 4.78 is 16.6. The van der Waals surface area contributed by atoms with Gasteiger partial charge in [0.15, 0.2) is 0 Å². The Morgan fingerprint density at radius 2 is 2.09 bits per heavy atom. The van der Waals surface area contributed by atoms with E-state index in [1.807, 2.05) is 13.8 Å². The molecule has 0 aromatic rings. The second-order valence-electron chi connectivity index (χ2n) is 2.23. The molecule has 0 rings (SSSR count). The molecule has 0 saturated heterocycles. The summed E-state index contributed by atoms with van der Waals surface area (Å²) in [6, 6.07) is 0. The molecule has 0 heterocycles. The highest BCUT2D eigenvalue weighted by molar-refractivity contribution is 7.58. The third kappa shape index (κ3) is 4.33. The van der Waals surface area contributed by atoms with Crippen molar-refractivity contribution in [3.63, 3.8) is 0 Å². The average Bonchev–Trinajstić information content (AvgIpc) is 2.02. The van der Waals surface area contributed by atoms with Gasteiger partial charge in [0, 0.05) is 18.7 Å². The molecule has 0 aromatic heterocycles. The van der Waals surface area contributed by atoms with Crippen LogP contribution in [0.25, 0.3) is 0 Å². The maximum absolute atomic E-state index is 11.6. The van der Waals surface area contributed by atoms with Crippen LogP contribution in [0.1, 0.15) is 20.3 Å². The van der Waals surface area contributed by atoms with Gasteiger partial charge in [0.05, 0.1) is 6.61 Å². The summed E-state index contributed by atoms with van der Waals surface area (Å²) in [5.74, 6) is 0. The van der Waals surface area contributed by atoms with Crippen LogP contribution in [0.3, 0.4) is 0 Å². The van der Waals surface area contributed by atoms with Gasteiger partial charge in [0.1, 0.15) is 6.29 Å². The number of carbonyl (C=O) groups excluding carboxylic acids is 1. The quantitative estimate of drug-likeness (QED) is 0.461. The molecule has 0 aliphatic heterocycles.